The molecular formula is C27H33O2P. The van der Waals surface area contributed by atoms with Crippen molar-refractivity contribution in [2.75, 3.05) is 0 Å². The van der Waals surface area contributed by atoms with Crippen LogP contribution in [0, 0.1) is 0 Å². The molecule has 0 aliphatic heterocycles. The minimum absolute atomic E-state index is 0.0223. The highest BCUT2D eigenvalue weighted by molar-refractivity contribution is 7.72. The van der Waals surface area contributed by atoms with Crippen molar-refractivity contribution < 1.29 is 10.2 Å². The van der Waals surface area contributed by atoms with E-state index in [1.807, 2.05) is 30.3 Å². The van der Waals surface area contributed by atoms with Crippen molar-refractivity contribution in [1.29, 1.82) is 0 Å². The van der Waals surface area contributed by atoms with Gasteiger partial charge in [-0.25, -0.2) is 0 Å². The Labute approximate surface area is 182 Å². The number of aromatic hydroxyl groups is 2. The second kappa shape index (κ2) is 8.44. The maximum Gasteiger partial charge on any atom is 0.123 e. The van der Waals surface area contributed by atoms with Crippen molar-refractivity contribution in [1.82, 2.24) is 0 Å². The molecule has 0 heterocycles. The number of benzene rings is 3. The zero-order valence-corrected chi connectivity index (χ0v) is 19.8. The van der Waals surface area contributed by atoms with Gasteiger partial charge in [-0.05, 0) is 59.7 Å². The van der Waals surface area contributed by atoms with Gasteiger partial charge in [-0.1, -0.05) is 84.0 Å². The predicted molar refractivity (Wildman–Crippen MR) is 130 cm³/mol. The Kier molecular flexibility index (Phi) is 6.29. The first-order valence-electron chi connectivity index (χ1n) is 10.5. The van der Waals surface area contributed by atoms with Crippen LogP contribution in [0.25, 0.3) is 0 Å². The first-order valence-corrected chi connectivity index (χ1v) is 12.0. The van der Waals surface area contributed by atoms with E-state index >= 15 is 0 Å². The topological polar surface area (TPSA) is 40.5 Å². The summed E-state index contributed by atoms with van der Waals surface area (Å²) >= 11 is 0. The number of rotatable bonds is 4. The van der Waals surface area contributed by atoms with Crippen LogP contribution in [0.15, 0.2) is 66.7 Å². The SMILES string of the molecule is CC(C)(C)c1ccc(O)c(P(Cc2ccccc2)c2cc(C(C)(C)C)ccc2O)c1. The summed E-state index contributed by atoms with van der Waals surface area (Å²) in [5, 5.41) is 23.6. The van der Waals surface area contributed by atoms with E-state index < -0.39 is 7.92 Å². The van der Waals surface area contributed by atoms with Crippen molar-refractivity contribution in [2.24, 2.45) is 0 Å². The Balaban J connectivity index is 2.21. The number of hydrogen-bond acceptors (Lipinski definition) is 2. The summed E-state index contributed by atoms with van der Waals surface area (Å²) in [6, 6.07) is 22.2. The molecule has 3 aromatic rings. The number of phenolic OH excluding ortho intramolecular Hbond substituents is 2. The van der Waals surface area contributed by atoms with Gasteiger partial charge in [0.1, 0.15) is 11.5 Å². The molecule has 30 heavy (non-hydrogen) atoms. The molecule has 158 valence electrons. The smallest absolute Gasteiger partial charge is 0.123 e. The van der Waals surface area contributed by atoms with E-state index in [1.165, 1.54) is 16.7 Å². The van der Waals surface area contributed by atoms with Crippen LogP contribution in [-0.4, -0.2) is 10.2 Å². The quantitative estimate of drug-likeness (QED) is 0.485. The normalized spacial score (nSPS) is 12.4. The summed E-state index contributed by atoms with van der Waals surface area (Å²) in [6.07, 6.45) is 0.762. The fourth-order valence-electron chi connectivity index (χ4n) is 3.48. The molecule has 0 aromatic heterocycles. The molecule has 0 aliphatic carbocycles. The van der Waals surface area contributed by atoms with Gasteiger partial charge in [0.05, 0.1) is 0 Å². The third-order valence-corrected chi connectivity index (χ3v) is 8.01. The van der Waals surface area contributed by atoms with Crippen molar-refractivity contribution in [3.05, 3.63) is 83.4 Å². The molecule has 0 atom stereocenters. The van der Waals surface area contributed by atoms with Crippen LogP contribution in [0.4, 0.5) is 0 Å². The molecule has 2 N–H and O–H groups in total. The molecule has 0 saturated heterocycles. The highest BCUT2D eigenvalue weighted by atomic mass is 31.1. The highest BCUT2D eigenvalue weighted by Gasteiger charge is 2.25. The lowest BCUT2D eigenvalue weighted by molar-refractivity contribution is 0.478. The Morgan fingerprint density at radius 2 is 1.07 bits per heavy atom. The van der Waals surface area contributed by atoms with Gasteiger partial charge < -0.3 is 10.2 Å². The van der Waals surface area contributed by atoms with Crippen LogP contribution >= 0.6 is 7.92 Å². The second-order valence-corrected chi connectivity index (χ2v) is 12.1. The Morgan fingerprint density at radius 3 is 1.47 bits per heavy atom. The molecule has 0 spiro atoms. The maximum atomic E-state index is 10.9. The molecule has 0 saturated carbocycles. The van der Waals surface area contributed by atoms with Gasteiger partial charge in [-0.3, -0.25) is 0 Å². The molecule has 0 amide bonds. The van der Waals surface area contributed by atoms with E-state index in [2.05, 4.69) is 65.8 Å². The molecule has 2 nitrogen and oxygen atoms in total. The minimum Gasteiger partial charge on any atom is -0.507 e. The van der Waals surface area contributed by atoms with Crippen LogP contribution in [-0.2, 0) is 17.0 Å². The lowest BCUT2D eigenvalue weighted by atomic mass is 9.87. The van der Waals surface area contributed by atoms with Crippen molar-refractivity contribution in [3.63, 3.8) is 0 Å². The van der Waals surface area contributed by atoms with E-state index in [1.54, 1.807) is 12.1 Å². The van der Waals surface area contributed by atoms with Crippen LogP contribution in [0.2, 0.25) is 0 Å². The Hall–Kier alpha value is -2.31. The van der Waals surface area contributed by atoms with Gasteiger partial charge in [0.2, 0.25) is 0 Å². The van der Waals surface area contributed by atoms with Crippen LogP contribution < -0.4 is 10.6 Å². The van der Waals surface area contributed by atoms with Gasteiger partial charge in [0.15, 0.2) is 0 Å². The standard InChI is InChI=1S/C27H33O2P/c1-26(2,3)20-12-14-22(28)24(16-20)30(18-19-10-8-7-9-11-19)25-17-21(27(4,5)6)13-15-23(25)29/h7-17,28-29H,18H2,1-6H3. The van der Waals surface area contributed by atoms with Gasteiger partial charge in [0, 0.05) is 16.8 Å². The third kappa shape index (κ3) is 5.05. The summed E-state index contributed by atoms with van der Waals surface area (Å²) in [5.74, 6) is 0.594. The largest absolute Gasteiger partial charge is 0.507 e. The Bertz CT molecular complexity index is 948. The number of phenols is 2. The van der Waals surface area contributed by atoms with Crippen LogP contribution in [0.3, 0.4) is 0 Å². The van der Waals surface area contributed by atoms with Gasteiger partial charge in [0.25, 0.3) is 0 Å². The molecule has 3 rings (SSSR count). The molecule has 0 fully saturated rings. The fourth-order valence-corrected chi connectivity index (χ4v) is 5.95. The summed E-state index contributed by atoms with van der Waals surface area (Å²) in [6.45, 7) is 13.1. The summed E-state index contributed by atoms with van der Waals surface area (Å²) in [7, 11) is -0.996. The molecule has 3 heteroatoms. The Morgan fingerprint density at radius 1 is 0.633 bits per heavy atom. The van der Waals surface area contributed by atoms with Crippen LogP contribution in [0.5, 0.6) is 11.5 Å². The van der Waals surface area contributed by atoms with Crippen molar-refractivity contribution in [3.8, 4) is 11.5 Å². The summed E-state index contributed by atoms with van der Waals surface area (Å²) in [4.78, 5) is 0. The predicted octanol–water partition coefficient (Wildman–Crippen LogP) is 6.33. The minimum atomic E-state index is -0.996. The van der Waals surface area contributed by atoms with Crippen molar-refractivity contribution in [2.45, 2.75) is 58.5 Å². The van der Waals surface area contributed by atoms with Gasteiger partial charge in [-0.2, -0.15) is 0 Å². The molecular weight excluding hydrogens is 387 g/mol. The lowest BCUT2D eigenvalue weighted by Crippen LogP contribution is -2.20. The van der Waals surface area contributed by atoms with E-state index in [-0.39, 0.29) is 10.8 Å². The third-order valence-electron chi connectivity index (χ3n) is 5.45. The van der Waals surface area contributed by atoms with E-state index in [0.29, 0.717) is 11.5 Å². The summed E-state index contributed by atoms with van der Waals surface area (Å²) < 4.78 is 0. The average Bonchev–Trinajstić information content (AvgIpc) is 2.66. The average molecular weight is 421 g/mol. The second-order valence-electron chi connectivity index (χ2n) is 9.98. The van der Waals surface area contributed by atoms with E-state index in [0.717, 1.165) is 16.8 Å². The lowest BCUT2D eigenvalue weighted by Gasteiger charge is -2.27. The van der Waals surface area contributed by atoms with Gasteiger partial charge in [-0.15, -0.1) is 0 Å². The van der Waals surface area contributed by atoms with Crippen molar-refractivity contribution >= 4 is 18.5 Å². The highest BCUT2D eigenvalue weighted by Crippen LogP contribution is 2.44. The zero-order valence-electron chi connectivity index (χ0n) is 18.9. The maximum absolute atomic E-state index is 10.9. The fraction of sp³-hybridized carbons (Fsp3) is 0.333. The monoisotopic (exact) mass is 420 g/mol. The van der Waals surface area contributed by atoms with Gasteiger partial charge >= 0.3 is 0 Å². The van der Waals surface area contributed by atoms with E-state index in [4.69, 9.17) is 0 Å². The first-order chi connectivity index (χ1) is 14.0. The molecule has 0 aliphatic rings. The molecule has 3 aromatic carbocycles. The van der Waals surface area contributed by atoms with Crippen LogP contribution in [0.1, 0.15) is 58.2 Å². The number of hydrogen-bond donors (Lipinski definition) is 2. The van der Waals surface area contributed by atoms with E-state index in [9.17, 15) is 10.2 Å². The molecule has 0 radical (unpaired) electrons. The first kappa shape index (κ1) is 22.4. The summed E-state index contributed by atoms with van der Waals surface area (Å²) in [5.41, 5.74) is 3.52. The molecule has 0 bridgehead atoms. The zero-order chi connectivity index (χ0) is 22.1. The molecule has 0 unspecified atom stereocenters.